The van der Waals surface area contributed by atoms with E-state index in [1.165, 1.54) is 0 Å². The van der Waals surface area contributed by atoms with E-state index in [-0.39, 0.29) is 12.1 Å². The van der Waals surface area contributed by atoms with E-state index < -0.39 is 5.97 Å². The summed E-state index contributed by atoms with van der Waals surface area (Å²) in [5.41, 5.74) is 0. The van der Waals surface area contributed by atoms with Crippen molar-refractivity contribution in [2.45, 2.75) is 45.3 Å². The molecule has 4 heteroatoms. The summed E-state index contributed by atoms with van der Waals surface area (Å²) in [5.74, 6) is -0.128. The van der Waals surface area contributed by atoms with Gasteiger partial charge in [0.15, 0.2) is 0 Å². The molecule has 3 atom stereocenters. The number of methoxy groups -OCH3 is 1. The van der Waals surface area contributed by atoms with Crippen LogP contribution in [-0.2, 0) is 9.53 Å². The first-order valence-corrected chi connectivity index (χ1v) is 6.08. The molecule has 0 bridgehead atoms. The van der Waals surface area contributed by atoms with Crippen LogP contribution in [-0.4, -0.2) is 48.3 Å². The lowest BCUT2D eigenvalue weighted by Crippen LogP contribution is -2.49. The normalized spacial score (nSPS) is 28.9. The van der Waals surface area contributed by atoms with Crippen LogP contribution in [0.4, 0.5) is 0 Å². The smallest absolute Gasteiger partial charge is 0.320 e. The van der Waals surface area contributed by atoms with Gasteiger partial charge in [-0.3, -0.25) is 9.69 Å². The maximum Gasteiger partial charge on any atom is 0.320 e. The standard InChI is InChI=1S/C12H23NO3/c1-4-10-5-6-13(8-9(2)16-3)11(7-10)12(14)15/h9-11H,4-8H2,1-3H3,(H,14,15). The predicted molar refractivity (Wildman–Crippen MR) is 62.5 cm³/mol. The van der Waals surface area contributed by atoms with Crippen LogP contribution in [0.2, 0.25) is 0 Å². The Morgan fingerprint density at radius 1 is 1.62 bits per heavy atom. The van der Waals surface area contributed by atoms with Gasteiger partial charge in [-0.25, -0.2) is 0 Å². The lowest BCUT2D eigenvalue weighted by atomic mass is 9.89. The number of carboxylic acid groups (broad SMARTS) is 1. The van der Waals surface area contributed by atoms with Crippen LogP contribution in [0.5, 0.6) is 0 Å². The van der Waals surface area contributed by atoms with Gasteiger partial charge in [0.25, 0.3) is 0 Å². The first kappa shape index (κ1) is 13.5. The molecule has 1 saturated heterocycles. The van der Waals surface area contributed by atoms with Gasteiger partial charge in [0.2, 0.25) is 0 Å². The second-order valence-electron chi connectivity index (χ2n) is 4.69. The molecule has 3 unspecified atom stereocenters. The number of piperidine rings is 1. The van der Waals surface area contributed by atoms with Crippen LogP contribution in [0.15, 0.2) is 0 Å². The SMILES string of the molecule is CCC1CCN(CC(C)OC)C(C(=O)O)C1. The number of rotatable bonds is 5. The Bertz CT molecular complexity index is 232. The summed E-state index contributed by atoms with van der Waals surface area (Å²) in [4.78, 5) is 13.3. The van der Waals surface area contributed by atoms with Gasteiger partial charge >= 0.3 is 5.97 Å². The van der Waals surface area contributed by atoms with E-state index in [1.807, 2.05) is 11.8 Å². The van der Waals surface area contributed by atoms with Crippen molar-refractivity contribution in [3.8, 4) is 0 Å². The van der Waals surface area contributed by atoms with Crippen LogP contribution in [0.25, 0.3) is 0 Å². The maximum absolute atomic E-state index is 11.2. The molecule has 1 heterocycles. The fourth-order valence-electron chi connectivity index (χ4n) is 2.34. The maximum atomic E-state index is 11.2. The highest BCUT2D eigenvalue weighted by atomic mass is 16.5. The van der Waals surface area contributed by atoms with Crippen molar-refractivity contribution < 1.29 is 14.6 Å². The molecule has 0 spiro atoms. The number of carboxylic acids is 1. The van der Waals surface area contributed by atoms with E-state index in [9.17, 15) is 9.90 Å². The molecule has 94 valence electrons. The highest BCUT2D eigenvalue weighted by molar-refractivity contribution is 5.73. The van der Waals surface area contributed by atoms with Crippen molar-refractivity contribution in [1.82, 2.24) is 4.90 Å². The summed E-state index contributed by atoms with van der Waals surface area (Å²) in [5, 5.41) is 9.23. The average Bonchev–Trinajstić information content (AvgIpc) is 2.29. The molecule has 0 radical (unpaired) electrons. The zero-order valence-electron chi connectivity index (χ0n) is 10.5. The van der Waals surface area contributed by atoms with E-state index in [0.717, 1.165) is 25.8 Å². The Labute approximate surface area is 97.6 Å². The second kappa shape index (κ2) is 6.21. The van der Waals surface area contributed by atoms with Crippen molar-refractivity contribution in [3.63, 3.8) is 0 Å². The van der Waals surface area contributed by atoms with Crippen molar-refractivity contribution in [2.75, 3.05) is 20.2 Å². The van der Waals surface area contributed by atoms with Crippen LogP contribution >= 0.6 is 0 Å². The average molecular weight is 229 g/mol. The number of hydrogen-bond donors (Lipinski definition) is 1. The topological polar surface area (TPSA) is 49.8 Å². The Morgan fingerprint density at radius 3 is 2.81 bits per heavy atom. The molecule has 1 rings (SSSR count). The minimum absolute atomic E-state index is 0.0972. The molecule has 0 aromatic rings. The Balaban J connectivity index is 2.58. The third kappa shape index (κ3) is 3.46. The van der Waals surface area contributed by atoms with Gasteiger partial charge in [0.05, 0.1) is 6.10 Å². The third-order valence-electron chi connectivity index (χ3n) is 3.58. The number of likely N-dealkylation sites (tertiary alicyclic amines) is 1. The van der Waals surface area contributed by atoms with Gasteiger partial charge in [-0.15, -0.1) is 0 Å². The summed E-state index contributed by atoms with van der Waals surface area (Å²) in [6.07, 6.45) is 3.07. The molecule has 1 N–H and O–H groups in total. The van der Waals surface area contributed by atoms with Gasteiger partial charge in [0, 0.05) is 13.7 Å². The fourth-order valence-corrected chi connectivity index (χ4v) is 2.34. The zero-order valence-corrected chi connectivity index (χ0v) is 10.5. The predicted octanol–water partition coefficient (Wildman–Crippen LogP) is 1.60. The van der Waals surface area contributed by atoms with Gasteiger partial charge < -0.3 is 9.84 Å². The molecule has 0 aliphatic carbocycles. The van der Waals surface area contributed by atoms with Gasteiger partial charge in [-0.05, 0) is 32.2 Å². The van der Waals surface area contributed by atoms with E-state index >= 15 is 0 Å². The van der Waals surface area contributed by atoms with Crippen molar-refractivity contribution in [1.29, 1.82) is 0 Å². The molecule has 0 aromatic carbocycles. The summed E-state index contributed by atoms with van der Waals surface area (Å²) < 4.78 is 5.20. The lowest BCUT2D eigenvalue weighted by molar-refractivity contribution is -0.146. The van der Waals surface area contributed by atoms with Crippen molar-refractivity contribution in [3.05, 3.63) is 0 Å². The van der Waals surface area contributed by atoms with Crippen LogP contribution in [0.1, 0.15) is 33.1 Å². The summed E-state index contributed by atoms with van der Waals surface area (Å²) >= 11 is 0. The molecule has 1 fully saturated rings. The molecule has 0 saturated carbocycles. The zero-order chi connectivity index (χ0) is 12.1. The lowest BCUT2D eigenvalue weighted by Gasteiger charge is -2.37. The Hall–Kier alpha value is -0.610. The number of aliphatic carboxylic acids is 1. The van der Waals surface area contributed by atoms with Gasteiger partial charge in [-0.2, -0.15) is 0 Å². The number of carbonyl (C=O) groups is 1. The Morgan fingerprint density at radius 2 is 2.31 bits per heavy atom. The highest BCUT2D eigenvalue weighted by Crippen LogP contribution is 2.25. The molecule has 1 aliphatic heterocycles. The molecule has 0 amide bonds. The molecule has 0 aromatic heterocycles. The quantitative estimate of drug-likeness (QED) is 0.778. The summed E-state index contributed by atoms with van der Waals surface area (Å²) in [7, 11) is 1.67. The van der Waals surface area contributed by atoms with Crippen molar-refractivity contribution in [2.24, 2.45) is 5.92 Å². The number of nitrogens with zero attached hydrogens (tertiary/aromatic N) is 1. The summed E-state index contributed by atoms with van der Waals surface area (Å²) in [6, 6.07) is -0.323. The molecule has 4 nitrogen and oxygen atoms in total. The van der Waals surface area contributed by atoms with Gasteiger partial charge in [-0.1, -0.05) is 13.3 Å². The minimum Gasteiger partial charge on any atom is -0.480 e. The summed E-state index contributed by atoms with van der Waals surface area (Å²) in [6.45, 7) is 5.70. The van der Waals surface area contributed by atoms with E-state index in [0.29, 0.717) is 12.5 Å². The molecular weight excluding hydrogens is 206 g/mol. The fraction of sp³-hybridized carbons (Fsp3) is 0.917. The van der Waals surface area contributed by atoms with Crippen molar-refractivity contribution >= 4 is 5.97 Å². The minimum atomic E-state index is -0.693. The Kier molecular flexibility index (Phi) is 5.22. The van der Waals surface area contributed by atoms with Crippen LogP contribution in [0, 0.1) is 5.92 Å². The number of hydrogen-bond acceptors (Lipinski definition) is 3. The molecule has 16 heavy (non-hydrogen) atoms. The van der Waals surface area contributed by atoms with E-state index in [4.69, 9.17) is 4.74 Å². The van der Waals surface area contributed by atoms with Gasteiger partial charge in [0.1, 0.15) is 6.04 Å². The largest absolute Gasteiger partial charge is 0.480 e. The number of ether oxygens (including phenoxy) is 1. The first-order valence-electron chi connectivity index (χ1n) is 6.08. The molecule has 1 aliphatic rings. The second-order valence-corrected chi connectivity index (χ2v) is 4.69. The first-order chi connectivity index (χ1) is 7.58. The van der Waals surface area contributed by atoms with Crippen LogP contribution < -0.4 is 0 Å². The third-order valence-corrected chi connectivity index (χ3v) is 3.58. The van der Waals surface area contributed by atoms with E-state index in [1.54, 1.807) is 7.11 Å². The van der Waals surface area contributed by atoms with E-state index in [2.05, 4.69) is 6.92 Å². The monoisotopic (exact) mass is 229 g/mol. The van der Waals surface area contributed by atoms with Crippen LogP contribution in [0.3, 0.4) is 0 Å². The molecular formula is C12H23NO3. The highest BCUT2D eigenvalue weighted by Gasteiger charge is 2.33.